The Bertz CT molecular complexity index is 475. The summed E-state index contributed by atoms with van der Waals surface area (Å²) in [5.41, 5.74) is 0.780. The lowest BCUT2D eigenvalue weighted by atomic mass is 9.73. The van der Waals surface area contributed by atoms with Gasteiger partial charge in [0.25, 0.3) is 0 Å². The Balaban J connectivity index is 2.35. The zero-order chi connectivity index (χ0) is 14.6. The van der Waals surface area contributed by atoms with E-state index in [4.69, 9.17) is 9.47 Å². The third-order valence-electron chi connectivity index (χ3n) is 3.98. The fourth-order valence-corrected chi connectivity index (χ4v) is 2.91. The Labute approximate surface area is 120 Å². The average molecular weight is 277 g/mol. The molecule has 1 N–H and O–H groups in total. The number of hydrogen-bond acceptors (Lipinski definition) is 4. The minimum Gasteiger partial charge on any atom is -0.494 e. The van der Waals surface area contributed by atoms with Crippen LogP contribution in [-0.2, 0) is 14.9 Å². The summed E-state index contributed by atoms with van der Waals surface area (Å²) in [6.07, 6.45) is 0. The monoisotopic (exact) mass is 277 g/mol. The van der Waals surface area contributed by atoms with Crippen molar-refractivity contribution in [2.24, 2.45) is 5.92 Å². The molecule has 2 unspecified atom stereocenters. The number of carbonyl (C=O) groups excluding carboxylic acids is 1. The van der Waals surface area contributed by atoms with E-state index in [0.29, 0.717) is 19.8 Å². The van der Waals surface area contributed by atoms with Gasteiger partial charge in [0.2, 0.25) is 0 Å². The summed E-state index contributed by atoms with van der Waals surface area (Å²) in [6, 6.07) is 7.96. The van der Waals surface area contributed by atoms with E-state index in [9.17, 15) is 4.79 Å². The predicted molar refractivity (Wildman–Crippen MR) is 78.0 cm³/mol. The van der Waals surface area contributed by atoms with Gasteiger partial charge in [0.05, 0.1) is 19.1 Å². The molecule has 0 amide bonds. The molecule has 1 aromatic carbocycles. The summed E-state index contributed by atoms with van der Waals surface area (Å²) in [7, 11) is 0. The zero-order valence-corrected chi connectivity index (χ0v) is 12.4. The number of ether oxygens (including phenoxy) is 2. The van der Waals surface area contributed by atoms with Crippen LogP contribution in [0.5, 0.6) is 5.75 Å². The number of para-hydroxylation sites is 1. The highest BCUT2D eigenvalue weighted by Crippen LogP contribution is 2.40. The molecule has 4 heteroatoms. The fraction of sp³-hybridized carbons (Fsp3) is 0.562. The smallest absolute Gasteiger partial charge is 0.311 e. The first kappa shape index (κ1) is 14.9. The number of esters is 1. The Morgan fingerprint density at radius 2 is 2.10 bits per heavy atom. The fourth-order valence-electron chi connectivity index (χ4n) is 2.91. The zero-order valence-electron chi connectivity index (χ0n) is 12.4. The van der Waals surface area contributed by atoms with Gasteiger partial charge >= 0.3 is 5.97 Å². The van der Waals surface area contributed by atoms with Crippen LogP contribution in [0.15, 0.2) is 24.3 Å². The van der Waals surface area contributed by atoms with Crippen LogP contribution >= 0.6 is 0 Å². The number of nitrogens with one attached hydrogen (secondary N) is 1. The molecular weight excluding hydrogens is 254 g/mol. The Hall–Kier alpha value is -1.55. The van der Waals surface area contributed by atoms with E-state index in [2.05, 4.69) is 12.2 Å². The second-order valence-corrected chi connectivity index (χ2v) is 5.28. The normalized spacial score (nSPS) is 25.4. The van der Waals surface area contributed by atoms with Crippen LogP contribution in [0.4, 0.5) is 0 Å². The molecule has 0 saturated carbocycles. The van der Waals surface area contributed by atoms with E-state index >= 15 is 0 Å². The van der Waals surface area contributed by atoms with Crippen LogP contribution in [0.2, 0.25) is 0 Å². The van der Waals surface area contributed by atoms with E-state index < -0.39 is 0 Å². The molecule has 1 fully saturated rings. The highest BCUT2D eigenvalue weighted by atomic mass is 16.5. The van der Waals surface area contributed by atoms with Crippen LogP contribution in [0.1, 0.15) is 26.3 Å². The maximum Gasteiger partial charge on any atom is 0.311 e. The predicted octanol–water partition coefficient (Wildman–Crippen LogP) is 2.13. The maximum atomic E-state index is 12.2. The van der Waals surface area contributed by atoms with Gasteiger partial charge in [-0.2, -0.15) is 0 Å². The summed E-state index contributed by atoms with van der Waals surface area (Å²) < 4.78 is 10.9. The third kappa shape index (κ3) is 2.66. The second kappa shape index (κ2) is 6.27. The first-order valence-electron chi connectivity index (χ1n) is 7.23. The largest absolute Gasteiger partial charge is 0.494 e. The third-order valence-corrected chi connectivity index (χ3v) is 3.98. The summed E-state index contributed by atoms with van der Waals surface area (Å²) in [5, 5.41) is 3.31. The van der Waals surface area contributed by atoms with Crippen LogP contribution in [-0.4, -0.2) is 32.3 Å². The number of benzene rings is 1. The Morgan fingerprint density at radius 3 is 2.80 bits per heavy atom. The van der Waals surface area contributed by atoms with Crippen molar-refractivity contribution in [3.05, 3.63) is 29.8 Å². The topological polar surface area (TPSA) is 47.6 Å². The van der Waals surface area contributed by atoms with Crippen LogP contribution in [0.25, 0.3) is 0 Å². The molecule has 110 valence electrons. The van der Waals surface area contributed by atoms with Gasteiger partial charge in [0.1, 0.15) is 5.75 Å². The van der Waals surface area contributed by atoms with Crippen molar-refractivity contribution in [1.29, 1.82) is 0 Å². The quantitative estimate of drug-likeness (QED) is 0.838. The lowest BCUT2D eigenvalue weighted by molar-refractivity contribution is -0.149. The molecule has 2 rings (SSSR count). The van der Waals surface area contributed by atoms with Gasteiger partial charge in [-0.25, -0.2) is 0 Å². The van der Waals surface area contributed by atoms with Gasteiger partial charge < -0.3 is 14.8 Å². The van der Waals surface area contributed by atoms with Crippen molar-refractivity contribution in [2.45, 2.75) is 26.2 Å². The number of rotatable bonds is 5. The van der Waals surface area contributed by atoms with E-state index in [-0.39, 0.29) is 17.3 Å². The van der Waals surface area contributed by atoms with Gasteiger partial charge in [-0.3, -0.25) is 4.79 Å². The maximum absolute atomic E-state index is 12.2. The molecule has 4 nitrogen and oxygen atoms in total. The van der Waals surface area contributed by atoms with Crippen molar-refractivity contribution < 1.29 is 14.3 Å². The SMILES string of the molecule is CCOC(=O)C1CNCC1(C)c1ccccc1OCC. The first-order valence-corrected chi connectivity index (χ1v) is 7.23. The molecule has 1 aliphatic heterocycles. The van der Waals surface area contributed by atoms with Crippen molar-refractivity contribution in [3.63, 3.8) is 0 Å². The minimum atomic E-state index is -0.294. The standard InChI is InChI=1S/C16H23NO3/c1-4-19-14-9-7-6-8-12(14)16(3)11-17-10-13(16)15(18)20-5-2/h6-9,13,17H,4-5,10-11H2,1-3H3. The lowest BCUT2D eigenvalue weighted by Gasteiger charge is -2.31. The van der Waals surface area contributed by atoms with Gasteiger partial charge in [0.15, 0.2) is 0 Å². The van der Waals surface area contributed by atoms with E-state index in [0.717, 1.165) is 17.9 Å². The molecule has 0 aromatic heterocycles. The van der Waals surface area contributed by atoms with Crippen molar-refractivity contribution in [2.75, 3.05) is 26.3 Å². The van der Waals surface area contributed by atoms with Gasteiger partial charge in [-0.05, 0) is 19.9 Å². The van der Waals surface area contributed by atoms with Gasteiger partial charge in [-0.15, -0.1) is 0 Å². The summed E-state index contributed by atoms with van der Waals surface area (Å²) >= 11 is 0. The van der Waals surface area contributed by atoms with E-state index in [1.165, 1.54) is 0 Å². The molecule has 1 aliphatic rings. The Morgan fingerprint density at radius 1 is 1.35 bits per heavy atom. The van der Waals surface area contributed by atoms with Gasteiger partial charge in [0, 0.05) is 24.1 Å². The molecular formula is C16H23NO3. The summed E-state index contributed by atoms with van der Waals surface area (Å²) in [4.78, 5) is 12.2. The molecule has 1 saturated heterocycles. The average Bonchev–Trinajstić information content (AvgIpc) is 2.83. The molecule has 1 heterocycles. The van der Waals surface area contributed by atoms with Crippen LogP contribution in [0, 0.1) is 5.92 Å². The molecule has 1 aromatic rings. The molecule has 0 bridgehead atoms. The molecule has 2 atom stereocenters. The molecule has 0 aliphatic carbocycles. The van der Waals surface area contributed by atoms with Crippen molar-refractivity contribution in [3.8, 4) is 5.75 Å². The molecule has 0 radical (unpaired) electrons. The van der Waals surface area contributed by atoms with E-state index in [1.54, 1.807) is 0 Å². The van der Waals surface area contributed by atoms with Crippen molar-refractivity contribution in [1.82, 2.24) is 5.32 Å². The molecule has 0 spiro atoms. The number of hydrogen-bond donors (Lipinski definition) is 1. The van der Waals surface area contributed by atoms with Crippen LogP contribution < -0.4 is 10.1 Å². The van der Waals surface area contributed by atoms with Crippen LogP contribution in [0.3, 0.4) is 0 Å². The Kier molecular flexibility index (Phi) is 4.65. The highest BCUT2D eigenvalue weighted by molar-refractivity contribution is 5.76. The second-order valence-electron chi connectivity index (χ2n) is 5.28. The first-order chi connectivity index (χ1) is 9.63. The minimum absolute atomic E-state index is 0.133. The number of carbonyl (C=O) groups is 1. The highest BCUT2D eigenvalue weighted by Gasteiger charge is 2.46. The summed E-state index contributed by atoms with van der Waals surface area (Å²) in [5.74, 6) is 0.547. The van der Waals surface area contributed by atoms with E-state index in [1.807, 2.05) is 38.1 Å². The molecule has 20 heavy (non-hydrogen) atoms. The summed E-state index contributed by atoms with van der Waals surface area (Å²) in [6.45, 7) is 8.34. The van der Waals surface area contributed by atoms with Gasteiger partial charge in [-0.1, -0.05) is 25.1 Å². The lowest BCUT2D eigenvalue weighted by Crippen LogP contribution is -2.37. The van der Waals surface area contributed by atoms with Crippen molar-refractivity contribution >= 4 is 5.97 Å².